The zero-order valence-corrected chi connectivity index (χ0v) is 7.80. The molecule has 0 bridgehead atoms. The second-order valence-corrected chi connectivity index (χ2v) is 2.79. The van der Waals surface area contributed by atoms with Gasteiger partial charge in [0.1, 0.15) is 11.6 Å². The predicted molar refractivity (Wildman–Crippen MR) is 47.7 cm³/mol. The lowest BCUT2D eigenvalue weighted by Crippen LogP contribution is -2.03. The summed E-state index contributed by atoms with van der Waals surface area (Å²) in [6, 6.07) is 0. The number of thiol groups is 1. The van der Waals surface area contributed by atoms with E-state index in [-0.39, 0.29) is 0 Å². The van der Waals surface area contributed by atoms with Gasteiger partial charge in [0.15, 0.2) is 0 Å². The third-order valence-electron chi connectivity index (χ3n) is 1.60. The van der Waals surface area contributed by atoms with Gasteiger partial charge in [0, 0.05) is 6.54 Å². The molecule has 0 aliphatic carbocycles. The first kappa shape index (κ1) is 8.59. The van der Waals surface area contributed by atoms with Crippen molar-refractivity contribution in [3.05, 3.63) is 11.6 Å². The monoisotopic (exact) mass is 171 g/mol. The first-order chi connectivity index (χ1) is 5.29. The summed E-state index contributed by atoms with van der Waals surface area (Å²) >= 11 is 4.16. The highest BCUT2D eigenvalue weighted by Crippen LogP contribution is 2.04. The smallest absolute Gasteiger partial charge is 0.142 e. The van der Waals surface area contributed by atoms with Crippen molar-refractivity contribution >= 4 is 12.6 Å². The highest BCUT2D eigenvalue weighted by molar-refractivity contribution is 7.79. The van der Waals surface area contributed by atoms with E-state index in [1.165, 1.54) is 0 Å². The number of hydrogen-bond acceptors (Lipinski definition) is 3. The molecule has 0 spiro atoms. The van der Waals surface area contributed by atoms with Gasteiger partial charge in [0.25, 0.3) is 0 Å². The Bertz CT molecular complexity index is 232. The Morgan fingerprint density at radius 3 is 2.73 bits per heavy atom. The summed E-state index contributed by atoms with van der Waals surface area (Å²) in [4.78, 5) is 0. The molecule has 4 heteroatoms. The Balaban J connectivity index is 2.88. The quantitative estimate of drug-likeness (QED) is 0.697. The summed E-state index contributed by atoms with van der Waals surface area (Å²) in [6.07, 6.45) is 1.11. The first-order valence-corrected chi connectivity index (χ1v) is 4.42. The van der Waals surface area contributed by atoms with Crippen molar-refractivity contribution in [2.75, 3.05) is 0 Å². The average Bonchev–Trinajstić information content (AvgIpc) is 2.34. The summed E-state index contributed by atoms with van der Waals surface area (Å²) < 4.78 is 2.10. The van der Waals surface area contributed by atoms with Crippen molar-refractivity contribution in [2.45, 2.75) is 32.6 Å². The molecule has 0 atom stereocenters. The molecule has 11 heavy (non-hydrogen) atoms. The topological polar surface area (TPSA) is 30.7 Å². The Kier molecular flexibility index (Phi) is 2.93. The van der Waals surface area contributed by atoms with E-state index in [1.807, 2.05) is 6.92 Å². The number of hydrogen-bond donors (Lipinski definition) is 1. The van der Waals surface area contributed by atoms with E-state index in [0.29, 0.717) is 5.75 Å². The maximum absolute atomic E-state index is 4.16. The standard InChI is InChI=1S/C7H13N3S/c1-3-4-10-6(2)8-9-7(10)5-11/h11H,3-5H2,1-2H3. The number of nitrogens with zero attached hydrogens (tertiary/aromatic N) is 3. The Hall–Kier alpha value is -0.510. The SMILES string of the molecule is CCCn1c(C)nnc1CS. The number of aromatic nitrogens is 3. The maximum Gasteiger partial charge on any atom is 0.142 e. The van der Waals surface area contributed by atoms with E-state index < -0.39 is 0 Å². The normalized spacial score (nSPS) is 10.5. The van der Waals surface area contributed by atoms with Crippen molar-refractivity contribution in [3.8, 4) is 0 Å². The van der Waals surface area contributed by atoms with Crippen LogP contribution in [-0.4, -0.2) is 14.8 Å². The summed E-state index contributed by atoms with van der Waals surface area (Å²) in [6.45, 7) is 5.10. The molecule has 0 saturated carbocycles. The van der Waals surface area contributed by atoms with Crippen molar-refractivity contribution in [1.29, 1.82) is 0 Å². The lowest BCUT2D eigenvalue weighted by Gasteiger charge is -2.03. The molecule has 1 aromatic rings. The summed E-state index contributed by atoms with van der Waals surface area (Å²) in [7, 11) is 0. The van der Waals surface area contributed by atoms with E-state index in [0.717, 1.165) is 24.6 Å². The largest absolute Gasteiger partial charge is 0.315 e. The summed E-state index contributed by atoms with van der Waals surface area (Å²) in [5.74, 6) is 2.62. The maximum atomic E-state index is 4.16. The fourth-order valence-electron chi connectivity index (χ4n) is 1.06. The van der Waals surface area contributed by atoms with Crippen LogP contribution in [0.25, 0.3) is 0 Å². The number of aryl methyl sites for hydroxylation is 1. The second-order valence-electron chi connectivity index (χ2n) is 2.47. The van der Waals surface area contributed by atoms with Gasteiger partial charge in [0.05, 0.1) is 5.75 Å². The molecule has 62 valence electrons. The third kappa shape index (κ3) is 1.74. The van der Waals surface area contributed by atoms with Crippen LogP contribution in [-0.2, 0) is 12.3 Å². The fourth-order valence-corrected chi connectivity index (χ4v) is 1.29. The molecule has 0 N–H and O–H groups in total. The van der Waals surface area contributed by atoms with Crippen molar-refractivity contribution in [1.82, 2.24) is 14.8 Å². The molecule has 0 aliphatic rings. The van der Waals surface area contributed by atoms with E-state index in [9.17, 15) is 0 Å². The van der Waals surface area contributed by atoms with Crippen LogP contribution in [0.2, 0.25) is 0 Å². The van der Waals surface area contributed by atoms with E-state index in [2.05, 4.69) is 34.3 Å². The van der Waals surface area contributed by atoms with Crippen molar-refractivity contribution < 1.29 is 0 Å². The zero-order valence-electron chi connectivity index (χ0n) is 6.91. The van der Waals surface area contributed by atoms with Gasteiger partial charge in [-0.3, -0.25) is 0 Å². The minimum Gasteiger partial charge on any atom is -0.315 e. The number of rotatable bonds is 3. The Labute approximate surface area is 72.2 Å². The molecule has 1 aromatic heterocycles. The molecule has 0 aromatic carbocycles. The van der Waals surface area contributed by atoms with Crippen LogP contribution in [0.15, 0.2) is 0 Å². The molecule has 0 aliphatic heterocycles. The predicted octanol–water partition coefficient (Wildman–Crippen LogP) is 1.43. The van der Waals surface area contributed by atoms with Gasteiger partial charge in [-0.1, -0.05) is 6.92 Å². The highest BCUT2D eigenvalue weighted by Gasteiger charge is 2.04. The van der Waals surface area contributed by atoms with Gasteiger partial charge in [-0.05, 0) is 13.3 Å². The Morgan fingerprint density at radius 1 is 1.45 bits per heavy atom. The minimum atomic E-state index is 0.668. The van der Waals surface area contributed by atoms with Crippen LogP contribution in [0.1, 0.15) is 25.0 Å². The zero-order chi connectivity index (χ0) is 8.27. The van der Waals surface area contributed by atoms with Gasteiger partial charge in [0.2, 0.25) is 0 Å². The van der Waals surface area contributed by atoms with Gasteiger partial charge in [-0.2, -0.15) is 12.6 Å². The second kappa shape index (κ2) is 3.76. The van der Waals surface area contributed by atoms with E-state index in [4.69, 9.17) is 0 Å². The van der Waals surface area contributed by atoms with Crippen molar-refractivity contribution in [3.63, 3.8) is 0 Å². The summed E-state index contributed by atoms with van der Waals surface area (Å²) in [5.41, 5.74) is 0. The fraction of sp³-hybridized carbons (Fsp3) is 0.714. The molecule has 0 radical (unpaired) electrons. The molecule has 0 saturated heterocycles. The lowest BCUT2D eigenvalue weighted by molar-refractivity contribution is 0.637. The van der Waals surface area contributed by atoms with Crippen LogP contribution in [0, 0.1) is 6.92 Å². The third-order valence-corrected chi connectivity index (χ3v) is 1.88. The van der Waals surface area contributed by atoms with Crippen LogP contribution >= 0.6 is 12.6 Å². The molecule has 3 nitrogen and oxygen atoms in total. The van der Waals surface area contributed by atoms with Crippen LogP contribution in [0.3, 0.4) is 0 Å². The van der Waals surface area contributed by atoms with Gasteiger partial charge < -0.3 is 4.57 Å². The van der Waals surface area contributed by atoms with Crippen molar-refractivity contribution in [2.24, 2.45) is 0 Å². The molecular weight excluding hydrogens is 158 g/mol. The molecule has 0 fully saturated rings. The van der Waals surface area contributed by atoms with Crippen LogP contribution < -0.4 is 0 Å². The highest BCUT2D eigenvalue weighted by atomic mass is 32.1. The average molecular weight is 171 g/mol. The van der Waals surface area contributed by atoms with Crippen LogP contribution in [0.4, 0.5) is 0 Å². The minimum absolute atomic E-state index is 0.668. The van der Waals surface area contributed by atoms with Gasteiger partial charge in [-0.15, -0.1) is 10.2 Å². The van der Waals surface area contributed by atoms with Crippen LogP contribution in [0.5, 0.6) is 0 Å². The molecule has 1 heterocycles. The van der Waals surface area contributed by atoms with E-state index in [1.54, 1.807) is 0 Å². The Morgan fingerprint density at radius 2 is 2.18 bits per heavy atom. The van der Waals surface area contributed by atoms with Gasteiger partial charge >= 0.3 is 0 Å². The first-order valence-electron chi connectivity index (χ1n) is 3.79. The molecular formula is C7H13N3S. The summed E-state index contributed by atoms with van der Waals surface area (Å²) in [5, 5.41) is 7.96. The van der Waals surface area contributed by atoms with E-state index >= 15 is 0 Å². The van der Waals surface area contributed by atoms with Gasteiger partial charge in [-0.25, -0.2) is 0 Å². The molecule has 1 rings (SSSR count). The lowest BCUT2D eigenvalue weighted by atomic mass is 10.4. The molecule has 0 unspecified atom stereocenters. The molecule has 0 amide bonds.